The summed E-state index contributed by atoms with van der Waals surface area (Å²) in [5.41, 5.74) is 4.38. The first-order valence-corrected chi connectivity index (χ1v) is 9.85. The van der Waals surface area contributed by atoms with E-state index in [2.05, 4.69) is 20.8 Å². The number of benzene rings is 1. The van der Waals surface area contributed by atoms with Crippen LogP contribution in [-0.2, 0) is 13.0 Å². The zero-order valence-corrected chi connectivity index (χ0v) is 16.9. The summed E-state index contributed by atoms with van der Waals surface area (Å²) >= 11 is 0. The molecule has 0 N–H and O–H groups in total. The minimum absolute atomic E-state index is 0.0895. The van der Waals surface area contributed by atoms with Crippen molar-refractivity contribution in [2.45, 2.75) is 46.8 Å². The Hall–Kier alpha value is -2.76. The Labute approximate surface area is 169 Å². The van der Waals surface area contributed by atoms with Crippen molar-refractivity contribution >= 4 is 11.4 Å². The largest absolute Gasteiger partial charge is 0.431 e. The van der Waals surface area contributed by atoms with Crippen LogP contribution in [0.2, 0.25) is 0 Å². The molecular weight excluding hydrogens is 372 g/mol. The molecule has 6 heteroatoms. The van der Waals surface area contributed by atoms with Gasteiger partial charge in [0, 0.05) is 6.20 Å². The van der Waals surface area contributed by atoms with Crippen LogP contribution in [0.4, 0.5) is 8.78 Å². The van der Waals surface area contributed by atoms with Crippen molar-refractivity contribution in [2.24, 2.45) is 16.3 Å². The van der Waals surface area contributed by atoms with E-state index in [-0.39, 0.29) is 11.2 Å². The van der Waals surface area contributed by atoms with E-state index in [0.717, 1.165) is 35.5 Å². The van der Waals surface area contributed by atoms with Gasteiger partial charge in [-0.05, 0) is 41.9 Å². The van der Waals surface area contributed by atoms with Crippen molar-refractivity contribution in [3.05, 3.63) is 65.6 Å². The number of imidazole rings is 1. The lowest BCUT2D eigenvalue weighted by atomic mass is 9.72. The van der Waals surface area contributed by atoms with E-state index in [1.165, 1.54) is 6.07 Å². The number of pyridine rings is 1. The third-order valence-electron chi connectivity index (χ3n) is 5.60. The number of aromatic nitrogens is 2. The van der Waals surface area contributed by atoms with Crippen LogP contribution >= 0.6 is 0 Å². The van der Waals surface area contributed by atoms with Crippen LogP contribution < -0.4 is 4.74 Å². The average molecular weight is 397 g/mol. The average Bonchev–Trinajstić information content (AvgIpc) is 3.06. The van der Waals surface area contributed by atoms with Gasteiger partial charge in [-0.2, -0.15) is 8.78 Å². The SMILES string of the molecule is CC(C)(C)C1CC(=NCc2ccccc2)c2nc3c(OC(F)F)cccn3c2C1. The standard InChI is InChI=1S/C23H25F2N3O/c1-23(2,3)16-12-17(26-14-15-8-5-4-6-9-15)20-18(13-16)28-11-7-10-19(21(28)27-20)29-22(24)25/h4-11,16,22H,12-14H2,1-3H3. The van der Waals surface area contributed by atoms with E-state index in [1.54, 1.807) is 6.07 Å². The summed E-state index contributed by atoms with van der Waals surface area (Å²) in [6.07, 6.45) is 3.50. The molecule has 1 aliphatic carbocycles. The highest BCUT2D eigenvalue weighted by Crippen LogP contribution is 2.38. The second-order valence-corrected chi connectivity index (χ2v) is 8.57. The van der Waals surface area contributed by atoms with E-state index < -0.39 is 6.61 Å². The Kier molecular flexibility index (Phi) is 5.11. The van der Waals surface area contributed by atoms with Crippen molar-refractivity contribution in [2.75, 3.05) is 0 Å². The van der Waals surface area contributed by atoms with Crippen molar-refractivity contribution in [3.8, 4) is 5.75 Å². The molecule has 2 aromatic heterocycles. The molecule has 0 saturated heterocycles. The number of aliphatic imine (C=N–C) groups is 1. The fourth-order valence-electron chi connectivity index (χ4n) is 3.86. The van der Waals surface area contributed by atoms with E-state index in [4.69, 9.17) is 14.7 Å². The van der Waals surface area contributed by atoms with Gasteiger partial charge in [0.05, 0.1) is 18.0 Å². The molecule has 29 heavy (non-hydrogen) atoms. The minimum atomic E-state index is -2.89. The predicted molar refractivity (Wildman–Crippen MR) is 110 cm³/mol. The molecule has 0 bridgehead atoms. The highest BCUT2D eigenvalue weighted by molar-refractivity contribution is 6.02. The third-order valence-corrected chi connectivity index (χ3v) is 5.60. The van der Waals surface area contributed by atoms with Gasteiger partial charge in [0.15, 0.2) is 11.4 Å². The molecule has 1 aliphatic rings. The van der Waals surface area contributed by atoms with Crippen LogP contribution in [0.15, 0.2) is 53.7 Å². The lowest BCUT2D eigenvalue weighted by Gasteiger charge is -2.34. The first-order chi connectivity index (χ1) is 13.8. The van der Waals surface area contributed by atoms with Gasteiger partial charge < -0.3 is 9.14 Å². The Morgan fingerprint density at radius 2 is 1.90 bits per heavy atom. The Morgan fingerprint density at radius 1 is 1.14 bits per heavy atom. The molecule has 152 valence electrons. The Balaban J connectivity index is 1.81. The molecule has 2 heterocycles. The zero-order valence-electron chi connectivity index (χ0n) is 16.9. The first-order valence-electron chi connectivity index (χ1n) is 9.85. The lowest BCUT2D eigenvalue weighted by molar-refractivity contribution is -0.0491. The van der Waals surface area contributed by atoms with Gasteiger partial charge in [-0.15, -0.1) is 0 Å². The van der Waals surface area contributed by atoms with Crippen molar-refractivity contribution in [1.82, 2.24) is 9.38 Å². The van der Waals surface area contributed by atoms with Crippen LogP contribution in [-0.4, -0.2) is 21.7 Å². The maximum absolute atomic E-state index is 12.9. The quantitative estimate of drug-likeness (QED) is 0.580. The number of nitrogens with zero attached hydrogens (tertiary/aromatic N) is 3. The molecule has 0 radical (unpaired) electrons. The van der Waals surface area contributed by atoms with Crippen LogP contribution in [0, 0.1) is 11.3 Å². The molecule has 0 amide bonds. The fourth-order valence-corrected chi connectivity index (χ4v) is 3.86. The maximum Gasteiger partial charge on any atom is 0.387 e. The number of rotatable bonds is 4. The molecule has 0 aliphatic heterocycles. The molecule has 4 rings (SSSR count). The molecule has 1 atom stereocenters. The summed E-state index contributed by atoms with van der Waals surface area (Å²) in [5.74, 6) is 0.468. The molecule has 0 saturated carbocycles. The summed E-state index contributed by atoms with van der Waals surface area (Å²) in [5, 5.41) is 0. The second kappa shape index (κ2) is 7.58. The van der Waals surface area contributed by atoms with Gasteiger partial charge in [-0.25, -0.2) is 4.98 Å². The first kappa shape index (κ1) is 19.6. The van der Waals surface area contributed by atoms with E-state index >= 15 is 0 Å². The third kappa shape index (κ3) is 4.02. The van der Waals surface area contributed by atoms with Crippen molar-refractivity contribution in [3.63, 3.8) is 0 Å². The van der Waals surface area contributed by atoms with Gasteiger partial charge in [0.2, 0.25) is 0 Å². The summed E-state index contributed by atoms with van der Waals surface area (Å²) in [7, 11) is 0. The smallest absolute Gasteiger partial charge is 0.387 e. The Bertz CT molecular complexity index is 1040. The molecule has 0 spiro atoms. The topological polar surface area (TPSA) is 38.9 Å². The normalized spacial score (nSPS) is 18.4. The minimum Gasteiger partial charge on any atom is -0.431 e. The van der Waals surface area contributed by atoms with Gasteiger partial charge in [-0.1, -0.05) is 51.1 Å². The van der Waals surface area contributed by atoms with Crippen LogP contribution in [0.3, 0.4) is 0 Å². The number of halogens is 2. The zero-order chi connectivity index (χ0) is 20.6. The lowest BCUT2D eigenvalue weighted by Crippen LogP contribution is -2.31. The number of ether oxygens (including phenoxy) is 1. The molecule has 4 nitrogen and oxygen atoms in total. The monoisotopic (exact) mass is 397 g/mol. The van der Waals surface area contributed by atoms with Crippen LogP contribution in [0.25, 0.3) is 5.65 Å². The van der Waals surface area contributed by atoms with Crippen molar-refractivity contribution in [1.29, 1.82) is 0 Å². The predicted octanol–water partition coefficient (Wildman–Crippen LogP) is 5.53. The summed E-state index contributed by atoms with van der Waals surface area (Å²) in [6.45, 7) is 4.37. The second-order valence-electron chi connectivity index (χ2n) is 8.57. The summed E-state index contributed by atoms with van der Waals surface area (Å²) < 4.78 is 32.3. The summed E-state index contributed by atoms with van der Waals surface area (Å²) in [6, 6.07) is 13.3. The van der Waals surface area contributed by atoms with Gasteiger partial charge in [0.25, 0.3) is 0 Å². The maximum atomic E-state index is 12.9. The molecule has 1 unspecified atom stereocenters. The van der Waals surface area contributed by atoms with Crippen LogP contribution in [0.1, 0.15) is 44.1 Å². The highest BCUT2D eigenvalue weighted by atomic mass is 19.3. The van der Waals surface area contributed by atoms with Gasteiger partial charge in [-0.3, -0.25) is 4.99 Å². The van der Waals surface area contributed by atoms with Crippen LogP contribution in [0.5, 0.6) is 5.75 Å². The molecule has 1 aromatic carbocycles. The van der Waals surface area contributed by atoms with Gasteiger partial charge in [0.1, 0.15) is 5.69 Å². The molecule has 0 fully saturated rings. The van der Waals surface area contributed by atoms with Crippen molar-refractivity contribution < 1.29 is 13.5 Å². The molecular formula is C23H25F2N3O. The number of hydrogen-bond acceptors (Lipinski definition) is 3. The van der Waals surface area contributed by atoms with E-state index in [0.29, 0.717) is 18.1 Å². The van der Waals surface area contributed by atoms with E-state index in [1.807, 2.05) is 40.9 Å². The fraction of sp³-hybridized carbons (Fsp3) is 0.391. The number of alkyl halides is 2. The highest BCUT2D eigenvalue weighted by Gasteiger charge is 2.35. The van der Waals surface area contributed by atoms with E-state index in [9.17, 15) is 8.78 Å². The molecule has 3 aromatic rings. The summed E-state index contributed by atoms with van der Waals surface area (Å²) in [4.78, 5) is 9.59. The Morgan fingerprint density at radius 3 is 2.59 bits per heavy atom. The van der Waals surface area contributed by atoms with Gasteiger partial charge >= 0.3 is 6.61 Å². The number of fused-ring (bicyclic) bond motifs is 3. The number of hydrogen-bond donors (Lipinski definition) is 0.